The second kappa shape index (κ2) is 25.7. The quantitative estimate of drug-likeness (QED) is 0.0906. The number of aliphatic hydroxyl groups excluding tert-OH is 2. The van der Waals surface area contributed by atoms with E-state index in [4.69, 9.17) is 10.5 Å². The van der Waals surface area contributed by atoms with Gasteiger partial charge in [-0.1, -0.05) is 27.2 Å². The number of nitrogens with two attached hydrogens (primary N) is 1. The molecule has 0 saturated carbocycles. The number of aliphatic hydroxyl groups is 2. The molecule has 26 nitrogen and oxygen atoms in total. The lowest BCUT2D eigenvalue weighted by Gasteiger charge is -2.33. The Balaban J connectivity index is 1.66. The molecule has 75 heavy (non-hydrogen) atoms. The Bertz CT molecular complexity index is 2530. The first-order valence-electron chi connectivity index (χ1n) is 24.8. The number of phenols is 1. The van der Waals surface area contributed by atoms with Crippen LogP contribution in [0.2, 0.25) is 0 Å². The van der Waals surface area contributed by atoms with Crippen molar-refractivity contribution in [1.82, 2.24) is 52.0 Å². The highest BCUT2D eigenvalue weighted by molar-refractivity contribution is 7.85. The highest BCUT2D eigenvalue weighted by atomic mass is 32.2. The van der Waals surface area contributed by atoms with Gasteiger partial charge in [-0.15, -0.1) is 0 Å². The van der Waals surface area contributed by atoms with Crippen LogP contribution in [0.4, 0.5) is 0 Å². The lowest BCUT2D eigenvalue weighted by molar-refractivity contribution is -0.149. The number of nitrogens with one attached hydrogen (secondary N) is 8. The molecule has 11 atom stereocenters. The normalized spacial score (nSPS) is 26.3. The number of rotatable bonds is 12. The molecular formula is C48H71N11O15S. The number of aromatic nitrogens is 1. The molecule has 27 heteroatoms. The first-order valence-corrected chi connectivity index (χ1v) is 26.1. The number of primary amides is 1. The fourth-order valence-corrected chi connectivity index (χ4v) is 10.1. The highest BCUT2D eigenvalue weighted by Gasteiger charge is 2.45. The van der Waals surface area contributed by atoms with Gasteiger partial charge in [0.05, 0.1) is 53.8 Å². The Morgan fingerprint density at radius 1 is 0.893 bits per heavy atom. The molecule has 5 rings (SSSR count). The van der Waals surface area contributed by atoms with Crippen molar-refractivity contribution in [1.29, 1.82) is 0 Å². The minimum absolute atomic E-state index is 0.0247. The highest BCUT2D eigenvalue weighted by Crippen LogP contribution is 2.30. The van der Waals surface area contributed by atoms with Crippen LogP contribution in [0.1, 0.15) is 79.2 Å². The predicted octanol–water partition coefficient (Wildman–Crippen LogP) is -3.86. The SMILES string of the molecule is CC[C@H](C)[C@@H]1NC(=O)CNC(=O)[C@@H]2Cc3c([nH]c4cc(O)ccc34)S(=O)C[C@H](NC(=O)CNC1=O)C(=O)N[C@@H](CC(N)=O)C(=O)N1C[C@H](O)C[C@H]1C(=O)N[C@@H]([C@@H](C)[C@@H](O)COC(=O)CCCN(C)C(C)(C)C)C(=O)N2. The molecule has 1 saturated heterocycles. The molecule has 4 heterocycles. The number of hydrogen-bond acceptors (Lipinski definition) is 16. The smallest absolute Gasteiger partial charge is 0.305 e. The second-order valence-electron chi connectivity index (χ2n) is 20.3. The third-order valence-electron chi connectivity index (χ3n) is 13.8. The predicted molar refractivity (Wildman–Crippen MR) is 268 cm³/mol. The molecule has 0 radical (unpaired) electrons. The second-order valence-corrected chi connectivity index (χ2v) is 21.8. The van der Waals surface area contributed by atoms with E-state index in [0.29, 0.717) is 19.4 Å². The van der Waals surface area contributed by atoms with Crippen LogP contribution in [0.5, 0.6) is 5.75 Å². The van der Waals surface area contributed by atoms with E-state index in [1.165, 1.54) is 25.1 Å². The number of hydrogen-bond donors (Lipinski definition) is 12. The van der Waals surface area contributed by atoms with Gasteiger partial charge in [-0.05, 0) is 64.4 Å². The van der Waals surface area contributed by atoms with E-state index >= 15 is 0 Å². The summed E-state index contributed by atoms with van der Waals surface area (Å²) in [4.78, 5) is 145. The van der Waals surface area contributed by atoms with Gasteiger partial charge in [0.2, 0.25) is 53.2 Å². The van der Waals surface area contributed by atoms with Gasteiger partial charge in [0.1, 0.15) is 53.6 Å². The summed E-state index contributed by atoms with van der Waals surface area (Å²) >= 11 is 0. The van der Waals surface area contributed by atoms with E-state index in [-0.39, 0.29) is 39.2 Å². The van der Waals surface area contributed by atoms with Crippen LogP contribution in [0.3, 0.4) is 0 Å². The Morgan fingerprint density at radius 3 is 2.21 bits per heavy atom. The molecule has 1 aromatic heterocycles. The van der Waals surface area contributed by atoms with E-state index < -0.39 is 181 Å². The lowest BCUT2D eigenvalue weighted by atomic mass is 9.93. The van der Waals surface area contributed by atoms with Crippen LogP contribution in [-0.4, -0.2) is 193 Å². The summed E-state index contributed by atoms with van der Waals surface area (Å²) in [6.45, 7) is 8.53. The zero-order valence-corrected chi connectivity index (χ0v) is 43.9. The molecular weight excluding hydrogens is 1000 g/mol. The third-order valence-corrected chi connectivity index (χ3v) is 15.2. The fourth-order valence-electron chi connectivity index (χ4n) is 8.73. The van der Waals surface area contributed by atoms with E-state index in [9.17, 15) is 67.5 Å². The molecule has 0 aliphatic carbocycles. The number of nitrogens with zero attached hydrogens (tertiary/aromatic N) is 2. The number of carbonyl (C=O) groups is 10. The van der Waals surface area contributed by atoms with Crippen LogP contribution in [0.25, 0.3) is 10.9 Å². The van der Waals surface area contributed by atoms with Crippen LogP contribution in [0, 0.1) is 11.8 Å². The monoisotopic (exact) mass is 1070 g/mol. The van der Waals surface area contributed by atoms with Crippen LogP contribution < -0.4 is 43.0 Å². The van der Waals surface area contributed by atoms with Gasteiger partial charge in [-0.2, -0.15) is 0 Å². The van der Waals surface area contributed by atoms with Crippen LogP contribution >= 0.6 is 0 Å². The Morgan fingerprint density at radius 2 is 1.56 bits per heavy atom. The number of phenolic OH excluding ortho intramolecular Hbond substituents is 1. The first-order chi connectivity index (χ1) is 35.2. The van der Waals surface area contributed by atoms with Crippen molar-refractivity contribution in [2.45, 2.75) is 139 Å². The fraction of sp³-hybridized carbons (Fsp3) is 0.625. The molecule has 414 valence electrons. The van der Waals surface area contributed by atoms with Gasteiger partial charge in [0.15, 0.2) is 0 Å². The van der Waals surface area contributed by atoms with Crippen molar-refractivity contribution < 1.29 is 72.2 Å². The summed E-state index contributed by atoms with van der Waals surface area (Å²) < 4.78 is 20.2. The van der Waals surface area contributed by atoms with E-state index in [1.807, 2.05) is 32.7 Å². The summed E-state index contributed by atoms with van der Waals surface area (Å²) in [5.41, 5.74) is 5.60. The molecule has 13 N–H and O–H groups in total. The van der Waals surface area contributed by atoms with Gasteiger partial charge < -0.3 is 77.8 Å². The minimum Gasteiger partial charge on any atom is -0.508 e. The molecule has 2 aromatic rings. The van der Waals surface area contributed by atoms with Crippen LogP contribution in [-0.2, 0) is 69.9 Å². The number of amides is 9. The van der Waals surface area contributed by atoms with Crippen molar-refractivity contribution in [2.75, 3.05) is 45.6 Å². The number of ether oxygens (including phenoxy) is 1. The number of esters is 1. The average Bonchev–Trinajstić information content (AvgIpc) is 3.92. The summed E-state index contributed by atoms with van der Waals surface area (Å²) in [6, 6.07) is -6.20. The first kappa shape index (κ1) is 59.2. The zero-order chi connectivity index (χ0) is 55.6. The number of aromatic amines is 1. The van der Waals surface area contributed by atoms with E-state index in [0.717, 1.165) is 4.90 Å². The van der Waals surface area contributed by atoms with Gasteiger partial charge in [-0.25, -0.2) is 0 Å². The molecule has 3 aliphatic heterocycles. The standard InChI is InChI=1S/C48H71N11O15S/c1-8-23(2)39-44(70)51-18-36(64)52-32-22-75(73)46-28(27-12-11-25(60)14-29(27)55-46)16-30(41(67)50-19-37(65)56-39)53-45(71)40(24(3)34(62)21-74-38(66)10-9-13-58(7)48(4,5)6)57-43(69)33-15-26(61)20-59(33)47(72)31(17-35(49)63)54-42(32)68/h11-12,14,23-24,26,30-34,39-40,55,60-62H,8-10,13,15-22H2,1-7H3,(H2,49,63)(H,50,67)(H,51,70)(H,52,64)(H,53,71)(H,54,68)(H,56,65)(H,57,69)/t23-,24-,26+,30-,31-,32-,33-,34-,39-,40-,75?/m0/s1. The summed E-state index contributed by atoms with van der Waals surface area (Å²) in [5.74, 6) is -12.9. The van der Waals surface area contributed by atoms with Crippen molar-refractivity contribution in [2.24, 2.45) is 17.6 Å². The van der Waals surface area contributed by atoms with Gasteiger partial charge >= 0.3 is 5.97 Å². The summed E-state index contributed by atoms with van der Waals surface area (Å²) in [6.07, 6.45) is -4.17. The lowest BCUT2D eigenvalue weighted by Crippen LogP contribution is -2.62. The Kier molecular flexibility index (Phi) is 20.3. The largest absolute Gasteiger partial charge is 0.508 e. The molecule has 2 bridgehead atoms. The maximum atomic E-state index is 14.9. The van der Waals surface area contributed by atoms with Gasteiger partial charge in [-0.3, -0.25) is 52.2 Å². The Labute approximate surface area is 435 Å². The van der Waals surface area contributed by atoms with Crippen molar-refractivity contribution in [3.05, 3.63) is 23.8 Å². The van der Waals surface area contributed by atoms with Crippen molar-refractivity contribution in [3.63, 3.8) is 0 Å². The number of H-pyrrole nitrogens is 1. The maximum absolute atomic E-state index is 14.9. The molecule has 0 spiro atoms. The minimum atomic E-state index is -2.41. The van der Waals surface area contributed by atoms with E-state index in [2.05, 4.69) is 42.2 Å². The molecule has 1 fully saturated rings. The maximum Gasteiger partial charge on any atom is 0.305 e. The summed E-state index contributed by atoms with van der Waals surface area (Å²) in [7, 11) is -0.515. The van der Waals surface area contributed by atoms with E-state index in [1.54, 1.807) is 13.8 Å². The van der Waals surface area contributed by atoms with Gasteiger partial charge in [0.25, 0.3) is 0 Å². The van der Waals surface area contributed by atoms with Crippen molar-refractivity contribution in [3.8, 4) is 5.75 Å². The third kappa shape index (κ3) is 15.7. The topological polar surface area (TPSA) is 390 Å². The number of aromatic hydroxyl groups is 1. The number of fused-ring (bicyclic) bond motifs is 5. The van der Waals surface area contributed by atoms with Crippen LogP contribution in [0.15, 0.2) is 23.2 Å². The zero-order valence-electron chi connectivity index (χ0n) is 43.1. The molecule has 1 aromatic carbocycles. The molecule has 9 amide bonds. The Hall–Kier alpha value is -6.71. The number of carbonyl (C=O) groups excluding carboxylic acids is 10. The number of benzene rings is 1. The van der Waals surface area contributed by atoms with Crippen molar-refractivity contribution >= 4 is 80.8 Å². The summed E-state index contributed by atoms with van der Waals surface area (Å²) in [5, 5.41) is 50.3. The van der Waals surface area contributed by atoms with Gasteiger partial charge in [0, 0.05) is 48.7 Å². The average molecular weight is 1070 g/mol. The molecule has 1 unspecified atom stereocenters. The molecule has 3 aliphatic rings.